The smallest absolute Gasteiger partial charge is 0.338 e. The Morgan fingerprint density at radius 3 is 2.68 bits per heavy atom. The SMILES string of the molecule is COc1cccc([C@H]2NC(=O)NC(C)=C2C(=O)OCCSC)c1OC. The van der Waals surface area contributed by atoms with Crippen LogP contribution in [0.1, 0.15) is 18.5 Å². The third kappa shape index (κ3) is 4.19. The van der Waals surface area contributed by atoms with Gasteiger partial charge in [0.1, 0.15) is 6.61 Å². The maximum Gasteiger partial charge on any atom is 0.338 e. The molecule has 2 amide bonds. The number of nitrogens with one attached hydrogen (secondary N) is 2. The molecule has 0 saturated carbocycles. The number of urea groups is 1. The number of benzene rings is 1. The number of para-hydroxylation sites is 1. The molecule has 1 heterocycles. The average Bonchev–Trinajstić information content (AvgIpc) is 2.60. The number of amides is 2. The molecule has 0 fully saturated rings. The molecule has 2 rings (SSSR count). The Morgan fingerprint density at radius 1 is 1.28 bits per heavy atom. The maximum absolute atomic E-state index is 12.6. The second-order valence-corrected chi connectivity index (χ2v) is 6.27. The molecule has 1 aliphatic rings. The molecule has 0 aromatic heterocycles. The van der Waals surface area contributed by atoms with E-state index < -0.39 is 18.0 Å². The Hall–Kier alpha value is -2.35. The predicted octanol–water partition coefficient (Wildman–Crippen LogP) is 2.24. The molecule has 0 saturated heterocycles. The molecule has 1 aliphatic heterocycles. The number of thioether (sulfide) groups is 1. The van der Waals surface area contributed by atoms with Crippen molar-refractivity contribution in [1.29, 1.82) is 0 Å². The molecule has 0 aliphatic carbocycles. The quantitative estimate of drug-likeness (QED) is 0.569. The zero-order valence-electron chi connectivity index (χ0n) is 14.7. The summed E-state index contributed by atoms with van der Waals surface area (Å²) in [4.78, 5) is 24.5. The van der Waals surface area contributed by atoms with Gasteiger partial charge in [-0.3, -0.25) is 0 Å². The van der Waals surface area contributed by atoms with Crippen molar-refractivity contribution in [3.63, 3.8) is 0 Å². The largest absolute Gasteiger partial charge is 0.493 e. The number of hydrogen-bond acceptors (Lipinski definition) is 6. The standard InChI is InChI=1S/C17H22N2O5S/c1-10-13(16(20)24-8-9-25-4)14(19-17(21)18-10)11-6-5-7-12(22-2)15(11)23-3/h5-7,14H,8-9H2,1-4H3,(H2,18,19,21)/t14-/m1/s1. The Kier molecular flexibility index (Phi) is 6.58. The number of allylic oxidation sites excluding steroid dienone is 1. The fourth-order valence-corrected chi connectivity index (χ4v) is 2.88. The Morgan fingerprint density at radius 2 is 2.04 bits per heavy atom. The highest BCUT2D eigenvalue weighted by atomic mass is 32.2. The number of esters is 1. The van der Waals surface area contributed by atoms with Crippen LogP contribution in [0.15, 0.2) is 29.5 Å². The van der Waals surface area contributed by atoms with Crippen molar-refractivity contribution < 1.29 is 23.8 Å². The summed E-state index contributed by atoms with van der Waals surface area (Å²) in [6.07, 6.45) is 1.94. The van der Waals surface area contributed by atoms with Crippen molar-refractivity contribution in [3.05, 3.63) is 35.0 Å². The zero-order chi connectivity index (χ0) is 18.4. The lowest BCUT2D eigenvalue weighted by Gasteiger charge is -2.29. The molecule has 0 unspecified atom stereocenters. The highest BCUT2D eigenvalue weighted by Crippen LogP contribution is 2.38. The van der Waals surface area contributed by atoms with Gasteiger partial charge < -0.3 is 24.8 Å². The van der Waals surface area contributed by atoms with Gasteiger partial charge in [0.05, 0.1) is 25.8 Å². The Bertz CT molecular complexity index is 690. The molecule has 1 aromatic carbocycles. The summed E-state index contributed by atoms with van der Waals surface area (Å²) < 4.78 is 16.1. The summed E-state index contributed by atoms with van der Waals surface area (Å²) in [6.45, 7) is 1.97. The van der Waals surface area contributed by atoms with Crippen LogP contribution in [0.2, 0.25) is 0 Å². The number of methoxy groups -OCH3 is 2. The highest BCUT2D eigenvalue weighted by Gasteiger charge is 2.34. The molecule has 1 aromatic rings. The van der Waals surface area contributed by atoms with E-state index >= 15 is 0 Å². The van der Waals surface area contributed by atoms with Crippen LogP contribution in [0.3, 0.4) is 0 Å². The summed E-state index contributed by atoms with van der Waals surface area (Å²) >= 11 is 1.58. The summed E-state index contributed by atoms with van der Waals surface area (Å²) in [5.74, 6) is 1.19. The molecule has 0 bridgehead atoms. The van der Waals surface area contributed by atoms with E-state index in [4.69, 9.17) is 14.2 Å². The van der Waals surface area contributed by atoms with Crippen molar-refractivity contribution >= 4 is 23.8 Å². The lowest BCUT2D eigenvalue weighted by Crippen LogP contribution is -2.45. The van der Waals surface area contributed by atoms with E-state index in [0.717, 1.165) is 0 Å². The minimum Gasteiger partial charge on any atom is -0.493 e. The molecule has 136 valence electrons. The summed E-state index contributed by atoms with van der Waals surface area (Å²) in [7, 11) is 3.04. The van der Waals surface area contributed by atoms with Gasteiger partial charge in [0.15, 0.2) is 11.5 Å². The highest BCUT2D eigenvalue weighted by molar-refractivity contribution is 7.98. The maximum atomic E-state index is 12.6. The number of hydrogen-bond donors (Lipinski definition) is 2. The van der Waals surface area contributed by atoms with E-state index in [-0.39, 0.29) is 0 Å². The predicted molar refractivity (Wildman–Crippen MR) is 96.0 cm³/mol. The van der Waals surface area contributed by atoms with Gasteiger partial charge in [-0.1, -0.05) is 12.1 Å². The minimum absolute atomic E-state index is 0.298. The van der Waals surface area contributed by atoms with Gasteiger partial charge in [-0.05, 0) is 19.2 Å². The van der Waals surface area contributed by atoms with Crippen molar-refractivity contribution in [3.8, 4) is 11.5 Å². The second kappa shape index (κ2) is 8.66. The van der Waals surface area contributed by atoms with E-state index in [0.29, 0.717) is 40.7 Å². The van der Waals surface area contributed by atoms with Gasteiger partial charge in [-0.25, -0.2) is 9.59 Å². The van der Waals surface area contributed by atoms with Gasteiger partial charge in [-0.2, -0.15) is 11.8 Å². The van der Waals surface area contributed by atoms with Crippen LogP contribution in [-0.4, -0.2) is 44.8 Å². The molecule has 0 radical (unpaired) electrons. The Balaban J connectivity index is 2.44. The van der Waals surface area contributed by atoms with Gasteiger partial charge in [0.25, 0.3) is 0 Å². The topological polar surface area (TPSA) is 85.9 Å². The van der Waals surface area contributed by atoms with Crippen LogP contribution in [0.5, 0.6) is 11.5 Å². The fraction of sp³-hybridized carbons (Fsp3) is 0.412. The molecule has 7 nitrogen and oxygen atoms in total. The summed E-state index contributed by atoms with van der Waals surface area (Å²) in [5.41, 5.74) is 1.41. The second-order valence-electron chi connectivity index (χ2n) is 5.28. The van der Waals surface area contributed by atoms with Crippen molar-refractivity contribution in [1.82, 2.24) is 10.6 Å². The van der Waals surface area contributed by atoms with Crippen molar-refractivity contribution in [2.24, 2.45) is 0 Å². The van der Waals surface area contributed by atoms with Gasteiger partial charge in [0, 0.05) is 17.0 Å². The monoisotopic (exact) mass is 366 g/mol. The average molecular weight is 366 g/mol. The van der Waals surface area contributed by atoms with Crippen LogP contribution in [0.4, 0.5) is 4.79 Å². The molecule has 2 N–H and O–H groups in total. The number of ether oxygens (including phenoxy) is 3. The lowest BCUT2D eigenvalue weighted by atomic mass is 9.94. The number of carbonyl (C=O) groups excluding carboxylic acids is 2. The van der Waals surface area contributed by atoms with Crippen LogP contribution < -0.4 is 20.1 Å². The van der Waals surface area contributed by atoms with E-state index in [1.165, 1.54) is 14.2 Å². The lowest BCUT2D eigenvalue weighted by molar-refractivity contribution is -0.138. The van der Waals surface area contributed by atoms with Crippen molar-refractivity contribution in [2.75, 3.05) is 32.8 Å². The van der Waals surface area contributed by atoms with Crippen LogP contribution in [0, 0.1) is 0 Å². The molecule has 1 atom stereocenters. The number of rotatable bonds is 7. The van der Waals surface area contributed by atoms with E-state index in [1.54, 1.807) is 36.9 Å². The van der Waals surface area contributed by atoms with Gasteiger partial charge >= 0.3 is 12.0 Å². The van der Waals surface area contributed by atoms with Crippen molar-refractivity contribution in [2.45, 2.75) is 13.0 Å². The minimum atomic E-state index is -0.694. The zero-order valence-corrected chi connectivity index (χ0v) is 15.5. The van der Waals surface area contributed by atoms with E-state index in [2.05, 4.69) is 10.6 Å². The summed E-state index contributed by atoms with van der Waals surface area (Å²) in [6, 6.07) is 4.21. The Labute approximate surface area is 151 Å². The normalized spacial score (nSPS) is 16.8. The molecule has 25 heavy (non-hydrogen) atoms. The molecular weight excluding hydrogens is 344 g/mol. The van der Waals surface area contributed by atoms with Crippen LogP contribution in [-0.2, 0) is 9.53 Å². The van der Waals surface area contributed by atoms with Crippen LogP contribution in [0.25, 0.3) is 0 Å². The van der Waals surface area contributed by atoms with Gasteiger partial charge in [-0.15, -0.1) is 0 Å². The summed E-state index contributed by atoms with van der Waals surface area (Å²) in [5, 5.41) is 5.38. The molecular formula is C17H22N2O5S. The first kappa shape index (κ1) is 19.0. The first-order valence-corrected chi connectivity index (χ1v) is 9.08. The first-order chi connectivity index (χ1) is 12.0. The molecule has 0 spiro atoms. The first-order valence-electron chi connectivity index (χ1n) is 7.68. The van der Waals surface area contributed by atoms with Crippen LogP contribution >= 0.6 is 11.8 Å². The van der Waals surface area contributed by atoms with E-state index in [9.17, 15) is 9.59 Å². The molecule has 8 heteroatoms. The fourth-order valence-electron chi connectivity index (χ4n) is 2.63. The number of carbonyl (C=O) groups is 2. The third-order valence-corrected chi connectivity index (χ3v) is 4.33. The van der Waals surface area contributed by atoms with Gasteiger partial charge in [0.2, 0.25) is 0 Å². The van der Waals surface area contributed by atoms with E-state index in [1.807, 2.05) is 6.26 Å². The third-order valence-electron chi connectivity index (χ3n) is 3.75.